The minimum absolute atomic E-state index is 0.351. The molecule has 1 aromatic rings. The highest BCUT2D eigenvalue weighted by molar-refractivity contribution is 7.99. The van der Waals surface area contributed by atoms with Gasteiger partial charge in [-0.1, -0.05) is 26.8 Å². The molecule has 1 unspecified atom stereocenters. The molecule has 0 radical (unpaired) electrons. The number of rotatable bonds is 9. The van der Waals surface area contributed by atoms with Gasteiger partial charge in [0.2, 0.25) is 0 Å². The molecule has 0 fully saturated rings. The number of hydrogen-bond acceptors (Lipinski definition) is 4. The molecule has 0 aliphatic rings. The van der Waals surface area contributed by atoms with Gasteiger partial charge in [0.25, 0.3) is 0 Å². The van der Waals surface area contributed by atoms with Gasteiger partial charge < -0.3 is 14.8 Å². The van der Waals surface area contributed by atoms with E-state index in [-0.39, 0.29) is 0 Å². The molecule has 0 bridgehead atoms. The number of ether oxygens (including phenoxy) is 2. The Balaban J connectivity index is 2.79. The fourth-order valence-electron chi connectivity index (χ4n) is 2.01. The van der Waals surface area contributed by atoms with E-state index in [1.54, 1.807) is 14.2 Å². The van der Waals surface area contributed by atoms with Crippen molar-refractivity contribution in [3.05, 3.63) is 23.8 Å². The van der Waals surface area contributed by atoms with E-state index in [2.05, 4.69) is 38.2 Å². The van der Waals surface area contributed by atoms with Crippen LogP contribution in [0.3, 0.4) is 0 Å². The lowest BCUT2D eigenvalue weighted by Gasteiger charge is -2.20. The van der Waals surface area contributed by atoms with Crippen molar-refractivity contribution in [2.75, 3.05) is 32.3 Å². The topological polar surface area (TPSA) is 30.5 Å². The average molecular weight is 297 g/mol. The number of methoxy groups -OCH3 is 2. The Hall–Kier alpha value is -0.870. The second-order valence-corrected chi connectivity index (χ2v) is 6.23. The van der Waals surface area contributed by atoms with Crippen LogP contribution in [0.4, 0.5) is 0 Å². The van der Waals surface area contributed by atoms with Crippen molar-refractivity contribution in [2.24, 2.45) is 5.92 Å². The van der Waals surface area contributed by atoms with Gasteiger partial charge in [-0.05, 0) is 35.9 Å². The third-order valence-corrected chi connectivity index (χ3v) is 4.47. The van der Waals surface area contributed by atoms with Gasteiger partial charge in [-0.3, -0.25) is 0 Å². The van der Waals surface area contributed by atoms with Crippen molar-refractivity contribution in [2.45, 2.75) is 26.8 Å². The summed E-state index contributed by atoms with van der Waals surface area (Å²) in [5.74, 6) is 4.56. The Morgan fingerprint density at radius 3 is 2.35 bits per heavy atom. The van der Waals surface area contributed by atoms with E-state index in [9.17, 15) is 0 Å². The molecule has 0 saturated heterocycles. The van der Waals surface area contributed by atoms with Crippen LogP contribution < -0.4 is 14.8 Å². The fourth-order valence-corrected chi connectivity index (χ4v) is 3.16. The van der Waals surface area contributed by atoms with Gasteiger partial charge in [-0.2, -0.15) is 11.8 Å². The Kier molecular flexibility index (Phi) is 7.85. The summed E-state index contributed by atoms with van der Waals surface area (Å²) in [6.45, 7) is 7.61. The minimum atomic E-state index is 0.351. The van der Waals surface area contributed by atoms with Crippen LogP contribution in [0.5, 0.6) is 11.5 Å². The van der Waals surface area contributed by atoms with Crippen molar-refractivity contribution in [3.63, 3.8) is 0 Å². The molecule has 0 aliphatic heterocycles. The zero-order chi connectivity index (χ0) is 15.0. The summed E-state index contributed by atoms with van der Waals surface area (Å²) in [4.78, 5) is 0. The van der Waals surface area contributed by atoms with Crippen molar-refractivity contribution >= 4 is 11.8 Å². The first-order valence-electron chi connectivity index (χ1n) is 7.15. The molecule has 1 rings (SSSR count). The summed E-state index contributed by atoms with van der Waals surface area (Å²) in [5.41, 5.74) is 1.25. The maximum atomic E-state index is 5.39. The standard InChI is InChI=1S/C16H27NO2S/c1-6-17-14(11-20-10-12(2)3)13-7-8-15(18-4)16(9-13)19-5/h7-9,12,14,17H,6,10-11H2,1-5H3. The first kappa shape index (κ1) is 17.2. The molecule has 114 valence electrons. The van der Waals surface area contributed by atoms with E-state index in [0.29, 0.717) is 6.04 Å². The largest absolute Gasteiger partial charge is 0.493 e. The molecule has 1 atom stereocenters. The zero-order valence-electron chi connectivity index (χ0n) is 13.2. The molecule has 0 heterocycles. The van der Waals surface area contributed by atoms with Crippen LogP contribution in [-0.2, 0) is 0 Å². The molecule has 0 saturated carbocycles. The van der Waals surface area contributed by atoms with Gasteiger partial charge in [0.05, 0.1) is 14.2 Å². The van der Waals surface area contributed by atoms with Crippen molar-refractivity contribution < 1.29 is 9.47 Å². The van der Waals surface area contributed by atoms with E-state index >= 15 is 0 Å². The van der Waals surface area contributed by atoms with Crippen LogP contribution in [0.1, 0.15) is 32.4 Å². The maximum absolute atomic E-state index is 5.39. The van der Waals surface area contributed by atoms with Gasteiger partial charge in [0.15, 0.2) is 11.5 Å². The Morgan fingerprint density at radius 2 is 1.80 bits per heavy atom. The predicted octanol–water partition coefficient (Wildman–Crippen LogP) is 3.74. The maximum Gasteiger partial charge on any atom is 0.161 e. The first-order chi connectivity index (χ1) is 9.62. The minimum Gasteiger partial charge on any atom is -0.493 e. The van der Waals surface area contributed by atoms with Crippen LogP contribution in [0.2, 0.25) is 0 Å². The van der Waals surface area contributed by atoms with Gasteiger partial charge >= 0.3 is 0 Å². The SMILES string of the molecule is CCNC(CSCC(C)C)c1ccc(OC)c(OC)c1. The van der Waals surface area contributed by atoms with Gasteiger partial charge in [-0.15, -0.1) is 0 Å². The fraction of sp³-hybridized carbons (Fsp3) is 0.625. The molecule has 20 heavy (non-hydrogen) atoms. The quantitative estimate of drug-likeness (QED) is 0.752. The Morgan fingerprint density at radius 1 is 1.10 bits per heavy atom. The van der Waals surface area contributed by atoms with Crippen LogP contribution in [0, 0.1) is 5.92 Å². The summed E-state index contributed by atoms with van der Waals surface area (Å²) in [5, 5.41) is 3.54. The highest BCUT2D eigenvalue weighted by Gasteiger charge is 2.13. The van der Waals surface area contributed by atoms with Crippen LogP contribution >= 0.6 is 11.8 Å². The summed E-state index contributed by atoms with van der Waals surface area (Å²) in [7, 11) is 3.34. The summed E-state index contributed by atoms with van der Waals surface area (Å²) in [6, 6.07) is 6.52. The molecular formula is C16H27NO2S. The molecular weight excluding hydrogens is 270 g/mol. The van der Waals surface area contributed by atoms with E-state index in [0.717, 1.165) is 29.7 Å². The lowest BCUT2D eigenvalue weighted by atomic mass is 10.1. The monoisotopic (exact) mass is 297 g/mol. The van der Waals surface area contributed by atoms with Gasteiger partial charge in [-0.25, -0.2) is 0 Å². The third-order valence-electron chi connectivity index (χ3n) is 3.00. The molecule has 0 spiro atoms. The van der Waals surface area contributed by atoms with Gasteiger partial charge in [0, 0.05) is 11.8 Å². The van der Waals surface area contributed by atoms with Crippen molar-refractivity contribution in [1.29, 1.82) is 0 Å². The highest BCUT2D eigenvalue weighted by atomic mass is 32.2. The molecule has 1 aromatic carbocycles. The van der Waals surface area contributed by atoms with E-state index < -0.39 is 0 Å². The van der Waals surface area contributed by atoms with Gasteiger partial charge in [0.1, 0.15) is 0 Å². The summed E-state index contributed by atoms with van der Waals surface area (Å²) < 4.78 is 10.7. The molecule has 1 N–H and O–H groups in total. The number of thioether (sulfide) groups is 1. The van der Waals surface area contributed by atoms with Crippen LogP contribution in [0.15, 0.2) is 18.2 Å². The predicted molar refractivity (Wildman–Crippen MR) is 88.1 cm³/mol. The molecule has 0 aliphatic carbocycles. The second-order valence-electron chi connectivity index (χ2n) is 5.16. The van der Waals surface area contributed by atoms with E-state index in [4.69, 9.17) is 9.47 Å². The lowest BCUT2D eigenvalue weighted by Crippen LogP contribution is -2.23. The smallest absolute Gasteiger partial charge is 0.161 e. The zero-order valence-corrected chi connectivity index (χ0v) is 14.0. The molecule has 0 amide bonds. The lowest BCUT2D eigenvalue weighted by molar-refractivity contribution is 0.354. The normalized spacial score (nSPS) is 12.5. The van der Waals surface area contributed by atoms with Crippen molar-refractivity contribution in [1.82, 2.24) is 5.32 Å². The summed E-state index contributed by atoms with van der Waals surface area (Å²) >= 11 is 1.99. The highest BCUT2D eigenvalue weighted by Crippen LogP contribution is 2.31. The number of hydrogen-bond donors (Lipinski definition) is 1. The number of benzene rings is 1. The number of nitrogens with one attached hydrogen (secondary N) is 1. The summed E-state index contributed by atoms with van der Waals surface area (Å²) in [6.07, 6.45) is 0. The Bertz CT molecular complexity index is 396. The third kappa shape index (κ3) is 5.25. The average Bonchev–Trinajstić information content (AvgIpc) is 2.45. The Labute approximate surface area is 127 Å². The molecule has 0 aromatic heterocycles. The van der Waals surface area contributed by atoms with Crippen LogP contribution in [0.25, 0.3) is 0 Å². The van der Waals surface area contributed by atoms with Crippen molar-refractivity contribution in [3.8, 4) is 11.5 Å². The molecule has 3 nitrogen and oxygen atoms in total. The van der Waals surface area contributed by atoms with E-state index in [1.165, 1.54) is 11.3 Å². The van der Waals surface area contributed by atoms with E-state index in [1.807, 2.05) is 17.8 Å². The first-order valence-corrected chi connectivity index (χ1v) is 8.30. The second kappa shape index (κ2) is 9.14. The van der Waals surface area contributed by atoms with Crippen LogP contribution in [-0.4, -0.2) is 32.3 Å². The molecule has 4 heteroatoms.